The Bertz CT molecular complexity index is 668. The van der Waals surface area contributed by atoms with Crippen LogP contribution in [0.1, 0.15) is 18.7 Å². The summed E-state index contributed by atoms with van der Waals surface area (Å²) < 4.78 is 28.6. The second-order valence-corrected chi connectivity index (χ2v) is 7.86. The van der Waals surface area contributed by atoms with Crippen molar-refractivity contribution < 1.29 is 8.42 Å². The minimum Gasteiger partial charge on any atom is -0.381 e. The number of hydrogen-bond donors (Lipinski definition) is 2. The molecule has 0 atom stereocenters. The fraction of sp³-hybridized carbons (Fsp3) is 0.417. The molecule has 0 amide bonds. The molecule has 110 valence electrons. The van der Waals surface area contributed by atoms with Gasteiger partial charge in [0.15, 0.2) is 10.8 Å². The Labute approximate surface area is 122 Å². The Morgan fingerprint density at radius 3 is 2.70 bits per heavy atom. The zero-order chi connectivity index (χ0) is 15.0. The first-order valence-corrected chi connectivity index (χ1v) is 8.41. The number of anilines is 1. The Kier molecular flexibility index (Phi) is 3.90. The van der Waals surface area contributed by atoms with Gasteiger partial charge >= 0.3 is 0 Å². The highest BCUT2D eigenvalue weighted by Crippen LogP contribution is 2.27. The Morgan fingerprint density at radius 2 is 2.20 bits per heavy atom. The Balaban J connectivity index is 2.19. The standard InChI is InChI=1S/C12H18N4O2S2/c1-12(2,9-5-4-6-19-9)7-15-20(17,18)11-10(13)14-8-16(11)3/h4-6,8,15H,7,13H2,1-3H3. The number of imidazole rings is 1. The monoisotopic (exact) mass is 314 g/mol. The Hall–Kier alpha value is -1.38. The van der Waals surface area contributed by atoms with Crippen molar-refractivity contribution in [3.05, 3.63) is 28.7 Å². The molecule has 0 unspecified atom stereocenters. The highest BCUT2D eigenvalue weighted by molar-refractivity contribution is 7.89. The lowest BCUT2D eigenvalue weighted by Crippen LogP contribution is -2.37. The lowest BCUT2D eigenvalue weighted by Gasteiger charge is -2.23. The lowest BCUT2D eigenvalue weighted by molar-refractivity contribution is 0.506. The zero-order valence-corrected chi connectivity index (χ0v) is 13.3. The lowest BCUT2D eigenvalue weighted by atomic mass is 9.92. The normalized spacial score (nSPS) is 12.8. The SMILES string of the molecule is Cn1cnc(N)c1S(=O)(=O)NCC(C)(C)c1cccs1. The van der Waals surface area contributed by atoms with Crippen LogP contribution in [0.5, 0.6) is 0 Å². The molecule has 0 aliphatic heterocycles. The van der Waals surface area contributed by atoms with Gasteiger partial charge in [0.05, 0.1) is 6.33 Å². The van der Waals surface area contributed by atoms with Crippen LogP contribution in [0, 0.1) is 0 Å². The van der Waals surface area contributed by atoms with E-state index < -0.39 is 10.0 Å². The van der Waals surface area contributed by atoms with Crippen molar-refractivity contribution in [2.75, 3.05) is 12.3 Å². The third kappa shape index (κ3) is 2.87. The van der Waals surface area contributed by atoms with Crippen LogP contribution < -0.4 is 10.5 Å². The summed E-state index contributed by atoms with van der Waals surface area (Å²) in [6.45, 7) is 4.28. The van der Waals surface area contributed by atoms with Crippen LogP contribution in [0.2, 0.25) is 0 Å². The number of nitrogens with one attached hydrogen (secondary N) is 1. The van der Waals surface area contributed by atoms with E-state index in [0.717, 1.165) is 4.88 Å². The summed E-state index contributed by atoms with van der Waals surface area (Å²) in [6.07, 6.45) is 1.38. The maximum Gasteiger partial charge on any atom is 0.260 e. The van der Waals surface area contributed by atoms with Gasteiger partial charge < -0.3 is 10.3 Å². The van der Waals surface area contributed by atoms with E-state index in [0.29, 0.717) is 6.54 Å². The average molecular weight is 314 g/mol. The van der Waals surface area contributed by atoms with Crippen molar-refractivity contribution in [1.29, 1.82) is 0 Å². The van der Waals surface area contributed by atoms with Crippen LogP contribution in [0.25, 0.3) is 0 Å². The highest BCUT2D eigenvalue weighted by Gasteiger charge is 2.27. The quantitative estimate of drug-likeness (QED) is 0.871. The number of thiophene rings is 1. The summed E-state index contributed by atoms with van der Waals surface area (Å²) in [5.74, 6) is 0.00827. The number of hydrogen-bond acceptors (Lipinski definition) is 5. The number of aryl methyl sites for hydroxylation is 1. The number of sulfonamides is 1. The molecule has 2 rings (SSSR count). The van der Waals surface area contributed by atoms with E-state index in [9.17, 15) is 8.42 Å². The van der Waals surface area contributed by atoms with Crippen molar-refractivity contribution in [3.8, 4) is 0 Å². The second-order valence-electron chi connectivity index (χ2n) is 5.23. The number of nitrogens with two attached hydrogens (primary N) is 1. The smallest absolute Gasteiger partial charge is 0.260 e. The van der Waals surface area contributed by atoms with E-state index >= 15 is 0 Å². The summed E-state index contributed by atoms with van der Waals surface area (Å²) in [5, 5.41) is 1.98. The molecule has 6 nitrogen and oxygen atoms in total. The van der Waals surface area contributed by atoms with Gasteiger partial charge in [-0.15, -0.1) is 11.3 Å². The van der Waals surface area contributed by atoms with Crippen molar-refractivity contribution in [2.45, 2.75) is 24.3 Å². The van der Waals surface area contributed by atoms with Crippen molar-refractivity contribution in [3.63, 3.8) is 0 Å². The van der Waals surface area contributed by atoms with Crippen LogP contribution in [0.15, 0.2) is 28.9 Å². The molecule has 8 heteroatoms. The third-order valence-electron chi connectivity index (χ3n) is 3.06. The van der Waals surface area contributed by atoms with Crippen LogP contribution in [-0.2, 0) is 22.5 Å². The van der Waals surface area contributed by atoms with Crippen LogP contribution in [0.4, 0.5) is 5.82 Å². The van der Waals surface area contributed by atoms with Gasteiger partial charge in [0.25, 0.3) is 10.0 Å². The zero-order valence-electron chi connectivity index (χ0n) is 11.6. The van der Waals surface area contributed by atoms with Gasteiger partial charge in [0.1, 0.15) is 0 Å². The maximum atomic E-state index is 12.3. The molecule has 0 aromatic carbocycles. The molecular formula is C12H18N4O2S2. The van der Waals surface area contributed by atoms with Crippen molar-refractivity contribution >= 4 is 27.2 Å². The summed E-state index contributed by atoms with van der Waals surface area (Å²) in [4.78, 5) is 4.92. The average Bonchev–Trinajstić information content (AvgIpc) is 2.98. The van der Waals surface area contributed by atoms with E-state index in [4.69, 9.17) is 5.73 Å². The van der Waals surface area contributed by atoms with Crippen LogP contribution >= 0.6 is 11.3 Å². The molecule has 0 spiro atoms. The third-order valence-corrected chi connectivity index (χ3v) is 5.82. The molecule has 0 aliphatic rings. The molecular weight excluding hydrogens is 296 g/mol. The first kappa shape index (κ1) is 15.0. The number of aromatic nitrogens is 2. The summed E-state index contributed by atoms with van der Waals surface area (Å²) in [5.41, 5.74) is 5.33. The molecule has 0 saturated carbocycles. The molecule has 2 aromatic rings. The predicted molar refractivity (Wildman–Crippen MR) is 80.2 cm³/mol. The van der Waals surface area contributed by atoms with Gasteiger partial charge in [-0.3, -0.25) is 0 Å². The van der Waals surface area contributed by atoms with E-state index in [1.807, 2.05) is 31.4 Å². The largest absolute Gasteiger partial charge is 0.381 e. The highest BCUT2D eigenvalue weighted by atomic mass is 32.2. The molecule has 3 N–H and O–H groups in total. The predicted octanol–water partition coefficient (Wildman–Crippen LogP) is 1.32. The van der Waals surface area contributed by atoms with Crippen LogP contribution in [0.3, 0.4) is 0 Å². The molecule has 0 bridgehead atoms. The number of nitrogens with zero attached hydrogens (tertiary/aromatic N) is 2. The molecule has 0 saturated heterocycles. The topological polar surface area (TPSA) is 90.0 Å². The molecule has 2 heterocycles. The fourth-order valence-electron chi connectivity index (χ4n) is 1.86. The maximum absolute atomic E-state index is 12.3. The van der Waals surface area contributed by atoms with Gasteiger partial charge in [0, 0.05) is 23.9 Å². The minimum atomic E-state index is -3.67. The van der Waals surface area contributed by atoms with E-state index in [1.165, 1.54) is 10.9 Å². The molecule has 20 heavy (non-hydrogen) atoms. The Morgan fingerprint density at radius 1 is 1.50 bits per heavy atom. The first-order chi connectivity index (χ1) is 9.24. The summed E-state index contributed by atoms with van der Waals surface area (Å²) >= 11 is 1.61. The molecule has 0 fully saturated rings. The van der Waals surface area contributed by atoms with Gasteiger partial charge in [-0.05, 0) is 11.4 Å². The van der Waals surface area contributed by atoms with Crippen molar-refractivity contribution in [1.82, 2.24) is 14.3 Å². The van der Waals surface area contributed by atoms with Gasteiger partial charge in [-0.1, -0.05) is 19.9 Å². The van der Waals surface area contributed by atoms with Gasteiger partial charge in [0.2, 0.25) is 0 Å². The van der Waals surface area contributed by atoms with E-state index in [1.54, 1.807) is 18.4 Å². The first-order valence-electron chi connectivity index (χ1n) is 6.04. The molecule has 2 aromatic heterocycles. The summed E-state index contributed by atoms with van der Waals surface area (Å²) in [6, 6.07) is 3.95. The van der Waals surface area contributed by atoms with Crippen LogP contribution in [-0.4, -0.2) is 24.5 Å². The van der Waals surface area contributed by atoms with E-state index in [2.05, 4.69) is 9.71 Å². The minimum absolute atomic E-state index is 0.000482. The number of rotatable bonds is 5. The van der Waals surface area contributed by atoms with Crippen molar-refractivity contribution in [2.24, 2.45) is 7.05 Å². The van der Waals surface area contributed by atoms with E-state index in [-0.39, 0.29) is 16.3 Å². The van der Waals surface area contributed by atoms with Gasteiger partial charge in [-0.25, -0.2) is 18.1 Å². The fourth-order valence-corrected chi connectivity index (χ4v) is 4.15. The van der Waals surface area contributed by atoms with Gasteiger partial charge in [-0.2, -0.15) is 0 Å². The summed E-state index contributed by atoms with van der Waals surface area (Å²) in [7, 11) is -2.07. The second kappa shape index (κ2) is 5.19. The molecule has 0 aliphatic carbocycles. The number of nitrogen functional groups attached to an aromatic ring is 1. The molecule has 0 radical (unpaired) electrons.